The molecule has 0 aromatic rings. The largest absolute Gasteiger partial charge is 0.479 e. The minimum Gasteiger partial charge on any atom is -0.479 e. The molecule has 0 fully saturated rings. The first-order valence-corrected chi connectivity index (χ1v) is 6.46. The maximum atomic E-state index is 11.4. The molecule has 0 rings (SSSR count). The molecule has 3 N–H and O–H groups in total. The first-order chi connectivity index (χ1) is 7.67. The molecule has 17 heavy (non-hydrogen) atoms. The molecule has 1 unspecified atom stereocenters. The lowest BCUT2D eigenvalue weighted by atomic mass is 10.2. The number of nitrogens with one attached hydrogen (secondary N) is 1. The molecule has 1 amide bonds. The molecule has 0 aliphatic heterocycles. The fourth-order valence-electron chi connectivity index (χ4n) is 1.02. The third kappa shape index (κ3) is 7.06. The zero-order valence-electron chi connectivity index (χ0n) is 10.4. The van der Waals surface area contributed by atoms with E-state index in [1.54, 1.807) is 27.0 Å². The van der Waals surface area contributed by atoms with Crippen molar-refractivity contribution in [3.8, 4) is 0 Å². The molecule has 0 saturated carbocycles. The van der Waals surface area contributed by atoms with E-state index < -0.39 is 29.8 Å². The lowest BCUT2D eigenvalue weighted by Gasteiger charge is -2.24. The molecule has 100 valence electrons. The minimum absolute atomic E-state index is 0.284. The minimum atomic E-state index is -1.64. The van der Waals surface area contributed by atoms with Crippen LogP contribution in [0.2, 0.25) is 0 Å². The Morgan fingerprint density at radius 1 is 1.41 bits per heavy atom. The van der Waals surface area contributed by atoms with Gasteiger partial charge in [-0.05, 0) is 27.0 Å². The van der Waals surface area contributed by atoms with Gasteiger partial charge in [-0.25, -0.2) is 9.59 Å². The number of aliphatic carboxylic acids is 1. The Bertz CT molecular complexity index is 276. The first kappa shape index (κ1) is 16.1. The van der Waals surface area contributed by atoms with Crippen molar-refractivity contribution in [2.24, 2.45) is 0 Å². The van der Waals surface area contributed by atoms with Gasteiger partial charge in [0.05, 0.1) is 6.04 Å². The quantitative estimate of drug-likeness (QED) is 0.677. The Morgan fingerprint density at radius 2 is 1.94 bits per heavy atom. The molecule has 0 aromatic carbocycles. The van der Waals surface area contributed by atoms with Crippen molar-refractivity contribution in [1.29, 1.82) is 0 Å². The molecule has 6 nitrogen and oxygen atoms in total. The predicted octanol–water partition coefficient (Wildman–Crippen LogP) is 0.688. The summed E-state index contributed by atoms with van der Waals surface area (Å²) in [5.74, 6) is -1.09. The first-order valence-electron chi connectivity index (χ1n) is 5.06. The van der Waals surface area contributed by atoms with Crippen molar-refractivity contribution < 1.29 is 24.5 Å². The summed E-state index contributed by atoms with van der Waals surface area (Å²) in [7, 11) is 0. The van der Waals surface area contributed by atoms with E-state index in [1.807, 2.05) is 0 Å². The van der Waals surface area contributed by atoms with Crippen molar-refractivity contribution in [2.75, 3.05) is 12.0 Å². The second kappa shape index (κ2) is 6.70. The summed E-state index contributed by atoms with van der Waals surface area (Å²) in [6.07, 6.45) is -0.634. The number of aliphatic hydroxyl groups excluding tert-OH is 1. The van der Waals surface area contributed by atoms with Gasteiger partial charge in [0.25, 0.3) is 0 Å². The van der Waals surface area contributed by atoms with Crippen LogP contribution in [0.3, 0.4) is 0 Å². The van der Waals surface area contributed by atoms with Gasteiger partial charge in [0.15, 0.2) is 6.10 Å². The van der Waals surface area contributed by atoms with Crippen molar-refractivity contribution in [1.82, 2.24) is 5.32 Å². The molecular formula is C10H19NO5S. The lowest BCUT2D eigenvalue weighted by Crippen LogP contribution is -2.49. The Hall–Kier alpha value is -0.950. The highest BCUT2D eigenvalue weighted by Crippen LogP contribution is 2.09. The van der Waals surface area contributed by atoms with Crippen molar-refractivity contribution in [2.45, 2.75) is 38.5 Å². The number of hydrogen-bond donors (Lipinski definition) is 3. The number of hydrogen-bond acceptors (Lipinski definition) is 5. The monoisotopic (exact) mass is 265 g/mol. The number of amides is 1. The van der Waals surface area contributed by atoms with Crippen LogP contribution in [0.5, 0.6) is 0 Å². The maximum Gasteiger partial charge on any atom is 0.408 e. The summed E-state index contributed by atoms with van der Waals surface area (Å²) in [6.45, 7) is 5.09. The van der Waals surface area contributed by atoms with E-state index in [-0.39, 0.29) is 5.75 Å². The number of rotatable bonds is 5. The van der Waals surface area contributed by atoms with E-state index in [0.717, 1.165) is 0 Å². The number of carbonyl (C=O) groups is 2. The summed E-state index contributed by atoms with van der Waals surface area (Å²) in [6, 6.07) is -0.877. The second-order valence-electron chi connectivity index (χ2n) is 4.49. The number of carboxylic acid groups (broad SMARTS) is 1. The number of thioether (sulfide) groups is 1. The normalized spacial score (nSPS) is 14.9. The zero-order chi connectivity index (χ0) is 13.6. The summed E-state index contributed by atoms with van der Waals surface area (Å²) < 4.78 is 4.98. The van der Waals surface area contributed by atoms with Crippen molar-refractivity contribution >= 4 is 23.8 Å². The highest BCUT2D eigenvalue weighted by Gasteiger charge is 2.28. The Balaban J connectivity index is 4.44. The van der Waals surface area contributed by atoms with Gasteiger partial charge in [-0.1, -0.05) is 0 Å². The molecule has 0 bridgehead atoms. The van der Waals surface area contributed by atoms with Crippen LogP contribution in [-0.2, 0) is 9.53 Å². The van der Waals surface area contributed by atoms with Gasteiger partial charge in [0, 0.05) is 5.75 Å². The molecule has 0 heterocycles. The van der Waals surface area contributed by atoms with Gasteiger partial charge in [-0.2, -0.15) is 11.8 Å². The molecular weight excluding hydrogens is 246 g/mol. The highest BCUT2D eigenvalue weighted by molar-refractivity contribution is 7.98. The Kier molecular flexibility index (Phi) is 6.33. The number of aliphatic hydroxyl groups is 1. The van der Waals surface area contributed by atoms with Crippen LogP contribution in [0.4, 0.5) is 4.79 Å². The number of alkyl carbamates (subject to hydrolysis) is 1. The Morgan fingerprint density at radius 3 is 2.29 bits per heavy atom. The van der Waals surface area contributed by atoms with E-state index in [1.165, 1.54) is 11.8 Å². The molecule has 0 saturated heterocycles. The van der Waals surface area contributed by atoms with E-state index in [4.69, 9.17) is 9.84 Å². The summed E-state index contributed by atoms with van der Waals surface area (Å²) in [4.78, 5) is 22.1. The van der Waals surface area contributed by atoms with E-state index in [0.29, 0.717) is 0 Å². The second-order valence-corrected chi connectivity index (χ2v) is 5.40. The fraction of sp³-hybridized carbons (Fsp3) is 0.800. The fourth-order valence-corrected chi connectivity index (χ4v) is 1.65. The zero-order valence-corrected chi connectivity index (χ0v) is 11.2. The van der Waals surface area contributed by atoms with Gasteiger partial charge < -0.3 is 20.3 Å². The topological polar surface area (TPSA) is 95.9 Å². The summed E-state index contributed by atoms with van der Waals surface area (Å²) in [5, 5.41) is 20.4. The molecule has 7 heteroatoms. The summed E-state index contributed by atoms with van der Waals surface area (Å²) >= 11 is 1.32. The van der Waals surface area contributed by atoms with Crippen LogP contribution >= 0.6 is 11.8 Å². The molecule has 2 atom stereocenters. The molecule has 0 spiro atoms. The third-order valence-electron chi connectivity index (χ3n) is 1.68. The van der Waals surface area contributed by atoms with Gasteiger partial charge >= 0.3 is 12.1 Å². The molecule has 0 aliphatic carbocycles. The Labute approximate surface area is 105 Å². The standard InChI is InChI=1S/C10H19NO5S/c1-10(2,3)16-9(15)11-6(5-17-4)7(12)8(13)14/h6-7,12H,5H2,1-4H3,(H,11,15)(H,13,14)/t6-,7?/m1/s1. The van der Waals surface area contributed by atoms with Crippen LogP contribution in [0.15, 0.2) is 0 Å². The van der Waals surface area contributed by atoms with Gasteiger partial charge in [-0.3, -0.25) is 0 Å². The van der Waals surface area contributed by atoms with Crippen molar-refractivity contribution in [3.05, 3.63) is 0 Å². The van der Waals surface area contributed by atoms with E-state index in [9.17, 15) is 14.7 Å². The number of carbonyl (C=O) groups excluding carboxylic acids is 1. The lowest BCUT2D eigenvalue weighted by molar-refractivity contribution is -0.147. The van der Waals surface area contributed by atoms with Crippen LogP contribution in [0.1, 0.15) is 20.8 Å². The average Bonchev–Trinajstić information content (AvgIpc) is 2.12. The van der Waals surface area contributed by atoms with Gasteiger partial charge in [-0.15, -0.1) is 0 Å². The molecule has 0 radical (unpaired) electrons. The average molecular weight is 265 g/mol. The summed E-state index contributed by atoms with van der Waals surface area (Å²) in [5.41, 5.74) is -0.665. The van der Waals surface area contributed by atoms with Gasteiger partial charge in [0.2, 0.25) is 0 Å². The van der Waals surface area contributed by atoms with Crippen LogP contribution in [0, 0.1) is 0 Å². The smallest absolute Gasteiger partial charge is 0.408 e. The maximum absolute atomic E-state index is 11.4. The molecule has 0 aromatic heterocycles. The highest BCUT2D eigenvalue weighted by atomic mass is 32.2. The number of ether oxygens (including phenoxy) is 1. The molecule has 0 aliphatic rings. The van der Waals surface area contributed by atoms with Crippen LogP contribution < -0.4 is 5.32 Å². The predicted molar refractivity (Wildman–Crippen MR) is 65.2 cm³/mol. The van der Waals surface area contributed by atoms with Crippen molar-refractivity contribution in [3.63, 3.8) is 0 Å². The van der Waals surface area contributed by atoms with Crippen LogP contribution in [0.25, 0.3) is 0 Å². The SMILES string of the molecule is CSC[C@@H](NC(=O)OC(C)(C)C)C(O)C(=O)O. The number of carboxylic acids is 1. The van der Waals surface area contributed by atoms with E-state index in [2.05, 4.69) is 5.32 Å². The van der Waals surface area contributed by atoms with Crippen LogP contribution in [-0.4, -0.2) is 52.0 Å². The third-order valence-corrected chi connectivity index (χ3v) is 2.37. The van der Waals surface area contributed by atoms with Gasteiger partial charge in [0.1, 0.15) is 5.60 Å². The van der Waals surface area contributed by atoms with E-state index >= 15 is 0 Å².